The van der Waals surface area contributed by atoms with Crippen LogP contribution in [-0.2, 0) is 0 Å². The van der Waals surface area contributed by atoms with E-state index < -0.39 is 0 Å². The summed E-state index contributed by atoms with van der Waals surface area (Å²) < 4.78 is 11.8. The standard InChI is InChI=1S/C20H16N2O2/c1-2-7-14(8-3-1)20-22-17(15-9-4-5-10-18(15)24-20)13-16(21-22)19-11-6-12-23-19/h1-12,17,20H,13H2/t17-,20-/m0/s1. The smallest absolute Gasteiger partial charge is 0.213 e. The Kier molecular flexibility index (Phi) is 2.95. The highest BCUT2D eigenvalue weighted by Gasteiger charge is 2.41. The Morgan fingerprint density at radius 3 is 2.58 bits per heavy atom. The molecule has 0 saturated heterocycles. The van der Waals surface area contributed by atoms with Gasteiger partial charge in [-0.2, -0.15) is 5.10 Å². The summed E-state index contributed by atoms with van der Waals surface area (Å²) in [5.74, 6) is 1.76. The molecule has 2 aromatic carbocycles. The van der Waals surface area contributed by atoms with Crippen molar-refractivity contribution in [2.75, 3.05) is 0 Å². The quantitative estimate of drug-likeness (QED) is 0.697. The summed E-state index contributed by atoms with van der Waals surface area (Å²) >= 11 is 0. The summed E-state index contributed by atoms with van der Waals surface area (Å²) in [5, 5.41) is 6.91. The van der Waals surface area contributed by atoms with Crippen molar-refractivity contribution in [1.29, 1.82) is 0 Å². The fourth-order valence-electron chi connectivity index (χ4n) is 3.46. The Balaban J connectivity index is 1.62. The molecule has 4 heteroatoms. The molecule has 3 heterocycles. The molecule has 24 heavy (non-hydrogen) atoms. The van der Waals surface area contributed by atoms with Gasteiger partial charge >= 0.3 is 0 Å². The number of hydrogen-bond acceptors (Lipinski definition) is 4. The largest absolute Gasteiger partial charge is 0.464 e. The lowest BCUT2D eigenvalue weighted by Gasteiger charge is -2.38. The molecule has 2 aliphatic rings. The maximum atomic E-state index is 6.29. The molecule has 0 N–H and O–H groups in total. The number of furan rings is 1. The summed E-state index contributed by atoms with van der Waals surface area (Å²) in [6.45, 7) is 0. The van der Waals surface area contributed by atoms with E-state index in [0.717, 1.165) is 29.2 Å². The number of rotatable bonds is 2. The fourth-order valence-corrected chi connectivity index (χ4v) is 3.46. The molecule has 2 aliphatic heterocycles. The zero-order chi connectivity index (χ0) is 15.9. The van der Waals surface area contributed by atoms with Crippen molar-refractivity contribution in [2.45, 2.75) is 18.7 Å². The first-order valence-corrected chi connectivity index (χ1v) is 8.10. The molecule has 0 bridgehead atoms. The molecule has 5 rings (SSSR count). The molecule has 2 atom stereocenters. The second-order valence-electron chi connectivity index (χ2n) is 6.04. The first-order valence-electron chi connectivity index (χ1n) is 8.10. The van der Waals surface area contributed by atoms with Crippen LogP contribution >= 0.6 is 0 Å². The Morgan fingerprint density at radius 1 is 0.917 bits per heavy atom. The van der Waals surface area contributed by atoms with E-state index >= 15 is 0 Å². The topological polar surface area (TPSA) is 38.0 Å². The van der Waals surface area contributed by atoms with Crippen LogP contribution in [0.2, 0.25) is 0 Å². The Bertz CT molecular complexity index is 887. The van der Waals surface area contributed by atoms with Gasteiger partial charge in [-0.25, -0.2) is 5.01 Å². The Hall–Kier alpha value is -3.01. The molecular formula is C20H16N2O2. The van der Waals surface area contributed by atoms with Crippen molar-refractivity contribution in [2.24, 2.45) is 5.10 Å². The van der Waals surface area contributed by atoms with Crippen molar-refractivity contribution < 1.29 is 9.15 Å². The van der Waals surface area contributed by atoms with E-state index in [1.54, 1.807) is 6.26 Å². The Morgan fingerprint density at radius 2 is 1.75 bits per heavy atom. The number of hydrazone groups is 1. The van der Waals surface area contributed by atoms with Crippen molar-refractivity contribution >= 4 is 5.71 Å². The third-order valence-electron chi connectivity index (χ3n) is 4.59. The van der Waals surface area contributed by atoms with Gasteiger partial charge in [-0.05, 0) is 18.2 Å². The van der Waals surface area contributed by atoms with Gasteiger partial charge < -0.3 is 9.15 Å². The van der Waals surface area contributed by atoms with Gasteiger partial charge in [-0.15, -0.1) is 0 Å². The van der Waals surface area contributed by atoms with E-state index in [2.05, 4.69) is 23.2 Å². The van der Waals surface area contributed by atoms with Gasteiger partial charge in [0.25, 0.3) is 0 Å². The molecule has 3 aromatic rings. The normalized spacial score (nSPS) is 21.7. The molecule has 118 valence electrons. The molecule has 1 aromatic heterocycles. The molecule has 0 aliphatic carbocycles. The maximum absolute atomic E-state index is 6.29. The lowest BCUT2D eigenvalue weighted by Crippen LogP contribution is -2.33. The van der Waals surface area contributed by atoms with E-state index in [-0.39, 0.29) is 12.3 Å². The van der Waals surface area contributed by atoms with E-state index in [9.17, 15) is 0 Å². The highest BCUT2D eigenvalue weighted by Crippen LogP contribution is 2.47. The van der Waals surface area contributed by atoms with Crippen molar-refractivity contribution in [3.05, 3.63) is 89.9 Å². The van der Waals surface area contributed by atoms with Gasteiger partial charge in [0.15, 0.2) is 0 Å². The van der Waals surface area contributed by atoms with Crippen LogP contribution < -0.4 is 4.74 Å². The number of ether oxygens (including phenoxy) is 1. The van der Waals surface area contributed by atoms with Crippen molar-refractivity contribution in [3.63, 3.8) is 0 Å². The number of nitrogens with zero attached hydrogens (tertiary/aromatic N) is 2. The minimum Gasteiger partial charge on any atom is -0.464 e. The number of benzene rings is 2. The summed E-state index contributed by atoms with van der Waals surface area (Å²) in [4.78, 5) is 0. The average Bonchev–Trinajstić information content (AvgIpc) is 3.31. The Labute approximate surface area is 140 Å². The summed E-state index contributed by atoms with van der Waals surface area (Å²) in [5.41, 5.74) is 3.24. The maximum Gasteiger partial charge on any atom is 0.213 e. The second kappa shape index (κ2) is 5.27. The summed E-state index contributed by atoms with van der Waals surface area (Å²) in [7, 11) is 0. The predicted molar refractivity (Wildman–Crippen MR) is 90.7 cm³/mol. The predicted octanol–water partition coefficient (Wildman–Crippen LogP) is 4.52. The third-order valence-corrected chi connectivity index (χ3v) is 4.59. The SMILES string of the molecule is c1ccc([C@@H]2Oc3ccccc3[C@@H]3CC(c4ccco4)=NN32)cc1. The molecule has 4 nitrogen and oxygen atoms in total. The highest BCUT2D eigenvalue weighted by atomic mass is 16.5. The van der Waals surface area contributed by atoms with Crippen LogP contribution in [0.4, 0.5) is 0 Å². The van der Waals surface area contributed by atoms with E-state index in [1.807, 2.05) is 48.5 Å². The lowest BCUT2D eigenvalue weighted by atomic mass is 9.97. The lowest BCUT2D eigenvalue weighted by molar-refractivity contribution is -0.0190. The molecule has 0 unspecified atom stereocenters. The van der Waals surface area contributed by atoms with Crippen LogP contribution in [0.25, 0.3) is 0 Å². The van der Waals surface area contributed by atoms with Gasteiger partial charge in [-0.1, -0.05) is 48.5 Å². The molecule has 0 saturated carbocycles. The molecule has 0 fully saturated rings. The van der Waals surface area contributed by atoms with Crippen LogP contribution in [0, 0.1) is 0 Å². The van der Waals surface area contributed by atoms with Gasteiger partial charge in [0.05, 0.1) is 12.3 Å². The first-order chi connectivity index (χ1) is 11.9. The zero-order valence-corrected chi connectivity index (χ0v) is 13.0. The molecule has 0 radical (unpaired) electrons. The van der Waals surface area contributed by atoms with Crippen LogP contribution in [-0.4, -0.2) is 10.7 Å². The third kappa shape index (κ3) is 2.03. The van der Waals surface area contributed by atoms with Crippen molar-refractivity contribution in [3.8, 4) is 5.75 Å². The monoisotopic (exact) mass is 316 g/mol. The fraction of sp³-hybridized carbons (Fsp3) is 0.150. The minimum absolute atomic E-state index is 0.167. The van der Waals surface area contributed by atoms with E-state index in [1.165, 1.54) is 5.56 Å². The van der Waals surface area contributed by atoms with Crippen molar-refractivity contribution in [1.82, 2.24) is 5.01 Å². The van der Waals surface area contributed by atoms with E-state index in [4.69, 9.17) is 14.3 Å². The van der Waals surface area contributed by atoms with Crippen LogP contribution in [0.15, 0.2) is 82.5 Å². The molecule has 0 spiro atoms. The first kappa shape index (κ1) is 13.4. The molecular weight excluding hydrogens is 300 g/mol. The van der Waals surface area contributed by atoms with Gasteiger partial charge in [0.2, 0.25) is 6.23 Å². The summed E-state index contributed by atoms with van der Waals surface area (Å²) in [6, 6.07) is 22.5. The number of para-hydroxylation sites is 1. The van der Waals surface area contributed by atoms with Gasteiger partial charge in [0.1, 0.15) is 17.2 Å². The zero-order valence-electron chi connectivity index (χ0n) is 13.0. The van der Waals surface area contributed by atoms with Crippen LogP contribution in [0.3, 0.4) is 0 Å². The van der Waals surface area contributed by atoms with Gasteiger partial charge in [0, 0.05) is 17.5 Å². The van der Waals surface area contributed by atoms with Crippen LogP contribution in [0.5, 0.6) is 5.75 Å². The van der Waals surface area contributed by atoms with Gasteiger partial charge in [-0.3, -0.25) is 0 Å². The number of fused-ring (bicyclic) bond motifs is 3. The van der Waals surface area contributed by atoms with E-state index in [0.29, 0.717) is 0 Å². The second-order valence-corrected chi connectivity index (χ2v) is 6.04. The summed E-state index contributed by atoms with van der Waals surface area (Å²) in [6.07, 6.45) is 2.28. The number of hydrogen-bond donors (Lipinski definition) is 0. The highest BCUT2D eigenvalue weighted by molar-refractivity contribution is 5.99. The van der Waals surface area contributed by atoms with Crippen LogP contribution in [0.1, 0.15) is 35.6 Å². The minimum atomic E-state index is -0.224. The molecule has 0 amide bonds. The average molecular weight is 316 g/mol.